The molecule has 1 aliphatic heterocycles. The van der Waals surface area contributed by atoms with Crippen LogP contribution in [0.1, 0.15) is 25.8 Å². The Morgan fingerprint density at radius 3 is 2.40 bits per heavy atom. The van der Waals surface area contributed by atoms with E-state index in [4.69, 9.17) is 4.74 Å². The van der Waals surface area contributed by atoms with Gasteiger partial charge in [-0.25, -0.2) is 4.79 Å². The maximum atomic E-state index is 12.3. The fourth-order valence-corrected chi connectivity index (χ4v) is 2.98. The molecular formula is C16H23N5O4. The van der Waals surface area contributed by atoms with Gasteiger partial charge in [-0.05, 0) is 13.8 Å². The Hall–Kier alpha value is -2.60. The van der Waals surface area contributed by atoms with E-state index in [1.54, 1.807) is 4.90 Å². The molecule has 25 heavy (non-hydrogen) atoms. The third-order valence-electron chi connectivity index (χ3n) is 4.18. The van der Waals surface area contributed by atoms with Crippen LogP contribution in [-0.2, 0) is 23.6 Å². The van der Waals surface area contributed by atoms with Crippen LogP contribution in [0.25, 0.3) is 0 Å². The van der Waals surface area contributed by atoms with Gasteiger partial charge in [-0.15, -0.1) is 0 Å². The number of nitriles is 1. The van der Waals surface area contributed by atoms with E-state index in [2.05, 4.69) is 5.32 Å². The van der Waals surface area contributed by atoms with Crippen molar-refractivity contribution in [1.29, 1.82) is 5.26 Å². The molecule has 0 aromatic carbocycles. The molecule has 9 heteroatoms. The molecule has 1 N–H and O–H groups in total. The molecule has 0 aliphatic carbocycles. The normalized spacial score (nSPS) is 20.2. The van der Waals surface area contributed by atoms with Crippen LogP contribution in [-0.4, -0.2) is 51.8 Å². The number of aromatic nitrogens is 2. The first kappa shape index (κ1) is 18.7. The Morgan fingerprint density at radius 1 is 1.24 bits per heavy atom. The van der Waals surface area contributed by atoms with Crippen LogP contribution in [0.5, 0.6) is 0 Å². The highest BCUT2D eigenvalue weighted by molar-refractivity contribution is 5.77. The van der Waals surface area contributed by atoms with Crippen LogP contribution in [0.2, 0.25) is 0 Å². The molecule has 2 heterocycles. The fourth-order valence-electron chi connectivity index (χ4n) is 2.98. The summed E-state index contributed by atoms with van der Waals surface area (Å²) in [6.07, 6.45) is 0.167. The lowest BCUT2D eigenvalue weighted by molar-refractivity contribution is -0.142. The van der Waals surface area contributed by atoms with Crippen LogP contribution >= 0.6 is 0 Å². The first-order chi connectivity index (χ1) is 11.8. The summed E-state index contributed by atoms with van der Waals surface area (Å²) in [6.45, 7) is 5.13. The number of carbonyl (C=O) groups excluding carboxylic acids is 1. The van der Waals surface area contributed by atoms with E-state index >= 15 is 0 Å². The van der Waals surface area contributed by atoms with Crippen molar-refractivity contribution in [3.63, 3.8) is 0 Å². The molecular weight excluding hydrogens is 326 g/mol. The molecule has 136 valence electrons. The highest BCUT2D eigenvalue weighted by Gasteiger charge is 2.25. The van der Waals surface area contributed by atoms with Gasteiger partial charge in [0.05, 0.1) is 12.2 Å². The van der Waals surface area contributed by atoms with Crippen molar-refractivity contribution in [3.05, 3.63) is 26.4 Å². The van der Waals surface area contributed by atoms with Crippen LogP contribution in [0.3, 0.4) is 0 Å². The second-order valence-electron chi connectivity index (χ2n) is 6.27. The average molecular weight is 349 g/mol. The SMILES string of the molecule is CC1CN(C(=O)CCNc2c(C#N)c(=O)n(C)c(=O)n2C)CC(C)O1. The summed E-state index contributed by atoms with van der Waals surface area (Å²) in [5.74, 6) is 0.0916. The van der Waals surface area contributed by atoms with Crippen molar-refractivity contribution in [2.75, 3.05) is 25.0 Å². The average Bonchev–Trinajstić information content (AvgIpc) is 2.56. The second-order valence-corrected chi connectivity index (χ2v) is 6.27. The Balaban J connectivity index is 2.08. The first-order valence-electron chi connectivity index (χ1n) is 8.13. The fraction of sp³-hybridized carbons (Fsp3) is 0.625. The Labute approximate surface area is 145 Å². The smallest absolute Gasteiger partial charge is 0.332 e. The number of hydrogen-bond donors (Lipinski definition) is 1. The molecule has 0 saturated carbocycles. The van der Waals surface area contributed by atoms with E-state index in [0.29, 0.717) is 13.1 Å². The highest BCUT2D eigenvalue weighted by Crippen LogP contribution is 2.12. The minimum Gasteiger partial charge on any atom is -0.372 e. The molecule has 1 amide bonds. The summed E-state index contributed by atoms with van der Waals surface area (Å²) >= 11 is 0. The molecule has 0 radical (unpaired) electrons. The van der Waals surface area contributed by atoms with Gasteiger partial charge in [0.25, 0.3) is 5.56 Å². The van der Waals surface area contributed by atoms with Crippen LogP contribution in [0, 0.1) is 11.3 Å². The van der Waals surface area contributed by atoms with Crippen molar-refractivity contribution in [3.8, 4) is 6.07 Å². The number of morpholine rings is 1. The lowest BCUT2D eigenvalue weighted by Crippen LogP contribution is -2.48. The molecule has 1 aliphatic rings. The predicted octanol–water partition coefficient (Wildman–Crippen LogP) is -0.607. The molecule has 0 spiro atoms. The zero-order chi connectivity index (χ0) is 18.7. The summed E-state index contributed by atoms with van der Waals surface area (Å²) in [5.41, 5.74) is -1.34. The molecule has 0 bridgehead atoms. The molecule has 1 aromatic rings. The molecule has 2 unspecified atom stereocenters. The van der Waals surface area contributed by atoms with Crippen molar-refractivity contribution in [1.82, 2.24) is 14.0 Å². The van der Waals surface area contributed by atoms with Crippen molar-refractivity contribution >= 4 is 11.7 Å². The quantitative estimate of drug-likeness (QED) is 0.777. The maximum absolute atomic E-state index is 12.3. The molecule has 1 saturated heterocycles. The van der Waals surface area contributed by atoms with Gasteiger partial charge in [-0.1, -0.05) is 0 Å². The number of nitrogens with zero attached hydrogens (tertiary/aromatic N) is 4. The lowest BCUT2D eigenvalue weighted by Gasteiger charge is -2.35. The van der Waals surface area contributed by atoms with Crippen molar-refractivity contribution in [2.45, 2.75) is 32.5 Å². The Kier molecular flexibility index (Phi) is 5.64. The van der Waals surface area contributed by atoms with Gasteiger partial charge in [0.1, 0.15) is 11.9 Å². The van der Waals surface area contributed by atoms with E-state index in [-0.39, 0.29) is 42.5 Å². The summed E-state index contributed by atoms with van der Waals surface area (Å²) < 4.78 is 7.68. The van der Waals surface area contributed by atoms with Crippen LogP contribution in [0.4, 0.5) is 5.82 Å². The number of rotatable bonds is 4. The number of carbonyl (C=O) groups is 1. The first-order valence-corrected chi connectivity index (χ1v) is 8.13. The highest BCUT2D eigenvalue weighted by atomic mass is 16.5. The molecule has 1 aromatic heterocycles. The summed E-state index contributed by atoms with van der Waals surface area (Å²) in [6, 6.07) is 1.82. The monoisotopic (exact) mass is 349 g/mol. The van der Waals surface area contributed by atoms with E-state index < -0.39 is 11.2 Å². The number of ether oxygens (including phenoxy) is 1. The van der Waals surface area contributed by atoms with Gasteiger partial charge in [-0.2, -0.15) is 5.26 Å². The minimum absolute atomic E-state index is 0.0104. The number of nitrogens with one attached hydrogen (secondary N) is 1. The van der Waals surface area contributed by atoms with Gasteiger partial charge in [0.2, 0.25) is 5.91 Å². The van der Waals surface area contributed by atoms with E-state index in [9.17, 15) is 19.6 Å². The summed E-state index contributed by atoms with van der Waals surface area (Å²) in [4.78, 5) is 38.1. The van der Waals surface area contributed by atoms with Gasteiger partial charge < -0.3 is 15.0 Å². The lowest BCUT2D eigenvalue weighted by atomic mass is 10.2. The molecule has 2 rings (SSSR count). The van der Waals surface area contributed by atoms with E-state index in [1.165, 1.54) is 18.7 Å². The zero-order valence-corrected chi connectivity index (χ0v) is 14.9. The third-order valence-corrected chi connectivity index (χ3v) is 4.18. The van der Waals surface area contributed by atoms with E-state index in [0.717, 1.165) is 4.57 Å². The van der Waals surface area contributed by atoms with Gasteiger partial charge in [0.15, 0.2) is 5.56 Å². The van der Waals surface area contributed by atoms with Crippen molar-refractivity contribution < 1.29 is 9.53 Å². The molecule has 9 nitrogen and oxygen atoms in total. The standard InChI is InChI=1S/C16H23N5O4/c1-10-8-21(9-11(2)25-10)13(22)5-6-18-14-12(7-17)15(23)20(4)16(24)19(14)3/h10-11,18H,5-6,8-9H2,1-4H3. The van der Waals surface area contributed by atoms with Gasteiger partial charge in [-0.3, -0.25) is 18.7 Å². The Morgan fingerprint density at radius 2 is 1.84 bits per heavy atom. The maximum Gasteiger partial charge on any atom is 0.332 e. The minimum atomic E-state index is -0.657. The van der Waals surface area contributed by atoms with Gasteiger partial charge >= 0.3 is 5.69 Å². The third kappa shape index (κ3) is 3.91. The topological polar surface area (TPSA) is 109 Å². The number of anilines is 1. The van der Waals surface area contributed by atoms with Gasteiger partial charge in [0, 0.05) is 40.2 Å². The number of amides is 1. The summed E-state index contributed by atoms with van der Waals surface area (Å²) in [7, 11) is 2.79. The molecule has 2 atom stereocenters. The van der Waals surface area contributed by atoms with Crippen LogP contribution < -0.4 is 16.6 Å². The van der Waals surface area contributed by atoms with E-state index in [1.807, 2.05) is 19.9 Å². The number of hydrogen-bond acceptors (Lipinski definition) is 6. The van der Waals surface area contributed by atoms with Crippen LogP contribution in [0.15, 0.2) is 9.59 Å². The largest absolute Gasteiger partial charge is 0.372 e. The molecule has 1 fully saturated rings. The zero-order valence-electron chi connectivity index (χ0n) is 14.9. The summed E-state index contributed by atoms with van der Waals surface area (Å²) in [5, 5.41) is 12.1. The Bertz CT molecular complexity index is 810. The van der Waals surface area contributed by atoms with Crippen molar-refractivity contribution in [2.24, 2.45) is 14.1 Å². The second kappa shape index (κ2) is 7.53. The predicted molar refractivity (Wildman–Crippen MR) is 91.3 cm³/mol.